The highest BCUT2D eigenvalue weighted by Crippen LogP contribution is 2.11. The summed E-state index contributed by atoms with van der Waals surface area (Å²) in [7, 11) is 1.45. The zero-order chi connectivity index (χ0) is 10.6. The van der Waals surface area contributed by atoms with Crippen LogP contribution in [0.1, 0.15) is 13.3 Å². The number of hydrogen-bond acceptors (Lipinski definition) is 5. The van der Waals surface area contributed by atoms with Crippen molar-refractivity contribution in [3.8, 4) is 5.19 Å². The van der Waals surface area contributed by atoms with Gasteiger partial charge in [-0.05, 0) is 6.42 Å². The maximum absolute atomic E-state index is 11.1. The zero-order valence-corrected chi connectivity index (χ0v) is 8.76. The van der Waals surface area contributed by atoms with Gasteiger partial charge in [0.2, 0.25) is 0 Å². The first-order valence-corrected chi connectivity index (χ1v) is 4.91. The molecule has 1 amide bonds. The topological polar surface area (TPSA) is 73.2 Å². The van der Waals surface area contributed by atoms with Crippen molar-refractivity contribution in [2.24, 2.45) is 0 Å². The van der Waals surface area contributed by atoms with Gasteiger partial charge in [-0.1, -0.05) is 6.92 Å². The van der Waals surface area contributed by atoms with E-state index in [4.69, 9.17) is 4.74 Å². The van der Waals surface area contributed by atoms with Crippen LogP contribution >= 0.6 is 11.5 Å². The molecule has 0 aliphatic rings. The normalized spacial score (nSPS) is 9.86. The zero-order valence-electron chi connectivity index (χ0n) is 7.94. The minimum absolute atomic E-state index is 0.223. The molecule has 0 aliphatic heterocycles. The number of carbonyl (C=O) groups excluding carboxylic acids is 1. The Bertz CT molecular complexity index is 371. The van der Waals surface area contributed by atoms with Crippen LogP contribution < -0.4 is 15.7 Å². The maximum Gasteiger partial charge on any atom is 0.369 e. The first-order chi connectivity index (χ1) is 6.69. The lowest BCUT2D eigenvalue weighted by atomic mass is 10.5. The summed E-state index contributed by atoms with van der Waals surface area (Å²) < 4.78 is 6.03. The fourth-order valence-corrected chi connectivity index (χ4v) is 1.44. The van der Waals surface area contributed by atoms with Gasteiger partial charge in [0.15, 0.2) is 0 Å². The molecule has 1 rings (SSSR count). The molecule has 14 heavy (non-hydrogen) atoms. The third-order valence-corrected chi connectivity index (χ3v) is 2.23. The van der Waals surface area contributed by atoms with Crippen LogP contribution in [0.25, 0.3) is 0 Å². The second kappa shape index (κ2) is 4.75. The van der Waals surface area contributed by atoms with Gasteiger partial charge in [-0.25, -0.2) is 9.59 Å². The van der Waals surface area contributed by atoms with E-state index in [9.17, 15) is 9.59 Å². The third kappa shape index (κ3) is 2.32. The molecule has 1 N–H and O–H groups in total. The SMILES string of the molecule is CCCOc1nc(=O)n(C(=O)NC)s1. The van der Waals surface area contributed by atoms with Gasteiger partial charge < -0.3 is 10.1 Å². The van der Waals surface area contributed by atoms with Crippen LogP contribution in [0.15, 0.2) is 4.79 Å². The van der Waals surface area contributed by atoms with Crippen molar-refractivity contribution in [2.45, 2.75) is 13.3 Å². The van der Waals surface area contributed by atoms with E-state index < -0.39 is 11.7 Å². The summed E-state index contributed by atoms with van der Waals surface area (Å²) >= 11 is 0.891. The standard InChI is InChI=1S/C7H11N3O3S/c1-3-4-13-7-9-6(12)10(14-7)5(11)8-2/h3-4H2,1-2H3,(H,8,11). The molecule has 0 fully saturated rings. The predicted octanol–water partition coefficient (Wildman–Crippen LogP) is 0.281. The molecule has 0 aromatic carbocycles. The average Bonchev–Trinajstić information content (AvgIpc) is 2.55. The van der Waals surface area contributed by atoms with E-state index in [0.717, 1.165) is 21.9 Å². The Morgan fingerprint density at radius 3 is 3.00 bits per heavy atom. The van der Waals surface area contributed by atoms with Crippen LogP contribution in [0.5, 0.6) is 5.19 Å². The van der Waals surface area contributed by atoms with Gasteiger partial charge >= 0.3 is 11.7 Å². The summed E-state index contributed by atoms with van der Waals surface area (Å²) in [5.74, 6) is 0. The first kappa shape index (κ1) is 10.7. The van der Waals surface area contributed by atoms with Crippen molar-refractivity contribution in [3.05, 3.63) is 10.5 Å². The smallest absolute Gasteiger partial charge is 0.369 e. The lowest BCUT2D eigenvalue weighted by molar-refractivity contribution is 0.245. The molecular weight excluding hydrogens is 206 g/mol. The summed E-state index contributed by atoms with van der Waals surface area (Å²) in [4.78, 5) is 25.8. The molecule has 0 spiro atoms. The van der Waals surface area contributed by atoms with Crippen LogP contribution in [0.3, 0.4) is 0 Å². The molecule has 0 saturated carbocycles. The Balaban J connectivity index is 2.82. The number of ether oxygens (including phenoxy) is 1. The number of nitrogens with one attached hydrogen (secondary N) is 1. The van der Waals surface area contributed by atoms with Crippen molar-refractivity contribution in [1.29, 1.82) is 0 Å². The molecular formula is C7H11N3O3S. The second-order valence-electron chi connectivity index (χ2n) is 2.45. The summed E-state index contributed by atoms with van der Waals surface area (Å²) in [5.41, 5.74) is -0.611. The van der Waals surface area contributed by atoms with E-state index in [2.05, 4.69) is 10.3 Å². The minimum Gasteiger partial charge on any atom is -0.469 e. The van der Waals surface area contributed by atoms with Crippen LogP contribution in [-0.2, 0) is 0 Å². The molecule has 6 nitrogen and oxygen atoms in total. The van der Waals surface area contributed by atoms with E-state index in [1.165, 1.54) is 7.05 Å². The highest BCUT2D eigenvalue weighted by Gasteiger charge is 2.11. The third-order valence-electron chi connectivity index (χ3n) is 1.36. The average molecular weight is 217 g/mol. The Kier molecular flexibility index (Phi) is 3.63. The molecule has 1 heterocycles. The summed E-state index contributed by atoms with van der Waals surface area (Å²) in [6.07, 6.45) is 0.827. The molecule has 0 unspecified atom stereocenters. The molecule has 7 heteroatoms. The number of hydrogen-bond donors (Lipinski definition) is 1. The molecule has 0 atom stereocenters. The number of carbonyl (C=O) groups is 1. The number of amides is 1. The minimum atomic E-state index is -0.611. The van der Waals surface area contributed by atoms with E-state index in [1.54, 1.807) is 0 Å². The maximum atomic E-state index is 11.1. The van der Waals surface area contributed by atoms with Crippen molar-refractivity contribution in [3.63, 3.8) is 0 Å². The first-order valence-electron chi connectivity index (χ1n) is 4.14. The fraction of sp³-hybridized carbons (Fsp3) is 0.571. The lowest BCUT2D eigenvalue weighted by Crippen LogP contribution is -2.30. The predicted molar refractivity (Wildman–Crippen MR) is 52.0 cm³/mol. The Morgan fingerprint density at radius 1 is 1.71 bits per heavy atom. The quantitative estimate of drug-likeness (QED) is 0.789. The van der Waals surface area contributed by atoms with E-state index in [0.29, 0.717) is 6.61 Å². The van der Waals surface area contributed by atoms with Gasteiger partial charge in [0.25, 0.3) is 5.19 Å². The molecule has 1 aromatic rings. The Labute approximate surface area is 84.7 Å². The highest BCUT2D eigenvalue weighted by atomic mass is 32.1. The van der Waals surface area contributed by atoms with Gasteiger partial charge in [-0.2, -0.15) is 3.96 Å². The molecule has 0 saturated heterocycles. The van der Waals surface area contributed by atoms with Crippen molar-refractivity contribution in [2.75, 3.05) is 13.7 Å². The summed E-state index contributed by atoms with van der Waals surface area (Å²) in [6.45, 7) is 2.43. The number of aromatic nitrogens is 2. The lowest BCUT2D eigenvalue weighted by Gasteiger charge is -1.96. The molecule has 78 valence electrons. The van der Waals surface area contributed by atoms with Gasteiger partial charge in [0.05, 0.1) is 6.61 Å². The second-order valence-corrected chi connectivity index (χ2v) is 3.35. The molecule has 1 aromatic heterocycles. The summed E-state index contributed by atoms with van der Waals surface area (Å²) in [5, 5.41) is 2.55. The molecule has 0 aliphatic carbocycles. The van der Waals surface area contributed by atoms with Crippen LogP contribution in [-0.4, -0.2) is 28.6 Å². The van der Waals surface area contributed by atoms with E-state index in [1.807, 2.05) is 6.92 Å². The van der Waals surface area contributed by atoms with Crippen molar-refractivity contribution >= 4 is 17.6 Å². The van der Waals surface area contributed by atoms with Crippen molar-refractivity contribution in [1.82, 2.24) is 14.3 Å². The molecule has 0 bridgehead atoms. The van der Waals surface area contributed by atoms with Gasteiger partial charge in [-0.3, -0.25) is 0 Å². The van der Waals surface area contributed by atoms with Crippen LogP contribution in [0.2, 0.25) is 0 Å². The number of rotatable bonds is 3. The molecule has 0 radical (unpaired) electrons. The summed E-state index contributed by atoms with van der Waals surface area (Å²) in [6, 6.07) is -0.501. The van der Waals surface area contributed by atoms with Crippen LogP contribution in [0, 0.1) is 0 Å². The van der Waals surface area contributed by atoms with Gasteiger partial charge in [0, 0.05) is 18.6 Å². The largest absolute Gasteiger partial charge is 0.469 e. The van der Waals surface area contributed by atoms with Crippen LogP contribution in [0.4, 0.5) is 4.79 Å². The monoisotopic (exact) mass is 217 g/mol. The van der Waals surface area contributed by atoms with Gasteiger partial charge in [-0.15, -0.1) is 4.98 Å². The highest BCUT2D eigenvalue weighted by molar-refractivity contribution is 7.09. The fourth-order valence-electron chi connectivity index (χ4n) is 0.739. The van der Waals surface area contributed by atoms with E-state index in [-0.39, 0.29) is 5.19 Å². The van der Waals surface area contributed by atoms with E-state index >= 15 is 0 Å². The Morgan fingerprint density at radius 2 is 2.43 bits per heavy atom. The number of nitrogens with zero attached hydrogens (tertiary/aromatic N) is 2. The Hall–Kier alpha value is -1.37. The van der Waals surface area contributed by atoms with Gasteiger partial charge in [0.1, 0.15) is 0 Å². The van der Waals surface area contributed by atoms with Crippen molar-refractivity contribution < 1.29 is 9.53 Å².